The molecule has 0 aliphatic heterocycles. The lowest BCUT2D eigenvalue weighted by atomic mass is 9.67. The summed E-state index contributed by atoms with van der Waals surface area (Å²) in [4.78, 5) is 12.8. The highest BCUT2D eigenvalue weighted by molar-refractivity contribution is 7.89. The van der Waals surface area contributed by atoms with Crippen LogP contribution in [0.15, 0.2) is 17.0 Å². The van der Waals surface area contributed by atoms with E-state index >= 15 is 0 Å². The highest BCUT2D eigenvalue weighted by atomic mass is 35.5. The van der Waals surface area contributed by atoms with Crippen molar-refractivity contribution in [1.82, 2.24) is 5.32 Å². The zero-order valence-electron chi connectivity index (χ0n) is 15.2. The third-order valence-corrected chi connectivity index (χ3v) is 6.90. The van der Waals surface area contributed by atoms with Crippen LogP contribution in [0.2, 0.25) is 0 Å². The molecule has 2 aliphatic carbocycles. The second kappa shape index (κ2) is 7.84. The minimum absolute atomic E-state index is 0. The van der Waals surface area contributed by atoms with Crippen molar-refractivity contribution in [3.05, 3.63) is 28.8 Å². The van der Waals surface area contributed by atoms with Crippen molar-refractivity contribution in [1.29, 1.82) is 0 Å². The standard InChI is InChI=1S/C18H27N3O3S.ClH/c1-10-6-14(9-16(11(10)2)25(20,23)24)18(22)21-17-12-4-3-5-13(17)8-15(19)7-12;/h6,9,12-13,15,17H,3-5,7-8,19H2,1-2H3,(H,21,22)(H2,20,23,24);1H. The summed E-state index contributed by atoms with van der Waals surface area (Å²) in [5.41, 5.74) is 7.81. The molecule has 0 saturated heterocycles. The van der Waals surface area contributed by atoms with E-state index in [2.05, 4.69) is 5.32 Å². The van der Waals surface area contributed by atoms with E-state index in [1.165, 1.54) is 12.5 Å². The molecule has 0 radical (unpaired) electrons. The zero-order valence-corrected chi connectivity index (χ0v) is 16.8. The second-order valence-corrected chi connectivity index (χ2v) is 9.17. The van der Waals surface area contributed by atoms with E-state index in [1.807, 2.05) is 0 Å². The molecule has 146 valence electrons. The third kappa shape index (κ3) is 4.22. The molecule has 8 heteroatoms. The van der Waals surface area contributed by atoms with Crippen LogP contribution in [0, 0.1) is 25.7 Å². The summed E-state index contributed by atoms with van der Waals surface area (Å²) >= 11 is 0. The highest BCUT2D eigenvalue weighted by Gasteiger charge is 2.40. The molecule has 0 heterocycles. The number of primary sulfonamides is 1. The van der Waals surface area contributed by atoms with Gasteiger partial charge in [0.05, 0.1) is 4.90 Å². The van der Waals surface area contributed by atoms with Crippen molar-refractivity contribution >= 4 is 28.3 Å². The summed E-state index contributed by atoms with van der Waals surface area (Å²) in [6.45, 7) is 3.48. The van der Waals surface area contributed by atoms with Gasteiger partial charge < -0.3 is 11.1 Å². The Bertz CT molecular complexity index is 783. The highest BCUT2D eigenvalue weighted by Crippen LogP contribution is 2.39. The fourth-order valence-electron chi connectivity index (χ4n) is 4.51. The molecule has 3 rings (SSSR count). The van der Waals surface area contributed by atoms with E-state index in [-0.39, 0.29) is 35.3 Å². The molecule has 6 nitrogen and oxygen atoms in total. The Balaban J connectivity index is 0.00000243. The van der Waals surface area contributed by atoms with Gasteiger partial charge in [-0.3, -0.25) is 4.79 Å². The van der Waals surface area contributed by atoms with Crippen molar-refractivity contribution < 1.29 is 13.2 Å². The molecule has 0 aromatic heterocycles. The van der Waals surface area contributed by atoms with Crippen LogP contribution in [-0.2, 0) is 10.0 Å². The summed E-state index contributed by atoms with van der Waals surface area (Å²) in [7, 11) is -3.86. The fourth-order valence-corrected chi connectivity index (χ4v) is 5.39. The number of fused-ring (bicyclic) bond motifs is 2. The maximum atomic E-state index is 12.8. The Hall–Kier alpha value is -1.15. The Morgan fingerprint density at radius 3 is 2.27 bits per heavy atom. The molecule has 5 N–H and O–H groups in total. The van der Waals surface area contributed by atoms with E-state index in [9.17, 15) is 13.2 Å². The molecule has 1 amide bonds. The molecule has 1 aromatic carbocycles. The molecule has 1 aromatic rings. The van der Waals surface area contributed by atoms with Crippen molar-refractivity contribution in [2.45, 2.75) is 62.9 Å². The average molecular weight is 402 g/mol. The van der Waals surface area contributed by atoms with Crippen molar-refractivity contribution in [3.63, 3.8) is 0 Å². The Morgan fingerprint density at radius 1 is 1.15 bits per heavy atom. The van der Waals surface area contributed by atoms with Gasteiger partial charge in [-0.1, -0.05) is 6.42 Å². The molecular weight excluding hydrogens is 374 g/mol. The predicted molar refractivity (Wildman–Crippen MR) is 104 cm³/mol. The number of hydrogen-bond acceptors (Lipinski definition) is 4. The topological polar surface area (TPSA) is 115 Å². The Kier molecular flexibility index (Phi) is 6.38. The van der Waals surface area contributed by atoms with Gasteiger partial charge in [0.25, 0.3) is 5.91 Å². The van der Waals surface area contributed by atoms with Crippen LogP contribution >= 0.6 is 12.4 Å². The number of amides is 1. The number of nitrogens with one attached hydrogen (secondary N) is 1. The van der Waals surface area contributed by atoms with Crippen LogP contribution < -0.4 is 16.2 Å². The maximum absolute atomic E-state index is 12.8. The van der Waals surface area contributed by atoms with Crippen LogP contribution in [0.25, 0.3) is 0 Å². The number of carbonyl (C=O) groups is 1. The first-order chi connectivity index (χ1) is 11.7. The molecule has 2 aliphatic rings. The van der Waals surface area contributed by atoms with Crippen LogP contribution in [0.4, 0.5) is 0 Å². The number of carbonyl (C=O) groups excluding carboxylic acids is 1. The smallest absolute Gasteiger partial charge is 0.251 e. The van der Waals surface area contributed by atoms with E-state index in [0.29, 0.717) is 23.0 Å². The summed E-state index contributed by atoms with van der Waals surface area (Å²) in [5.74, 6) is 0.594. The number of nitrogens with two attached hydrogens (primary N) is 2. The monoisotopic (exact) mass is 401 g/mol. The predicted octanol–water partition coefficient (Wildman–Crippen LogP) is 2.01. The molecule has 2 bridgehead atoms. The van der Waals surface area contributed by atoms with Gasteiger partial charge in [0.1, 0.15) is 0 Å². The third-order valence-electron chi connectivity index (χ3n) is 5.86. The van der Waals surface area contributed by atoms with Crippen LogP contribution in [-0.4, -0.2) is 26.4 Å². The Morgan fingerprint density at radius 2 is 1.73 bits per heavy atom. The average Bonchev–Trinajstić information content (AvgIpc) is 2.49. The first-order valence-corrected chi connectivity index (χ1v) is 10.4. The summed E-state index contributed by atoms with van der Waals surface area (Å²) in [6, 6.07) is 3.46. The Labute approximate surface area is 161 Å². The largest absolute Gasteiger partial charge is 0.349 e. The van der Waals surface area contributed by atoms with E-state index in [1.54, 1.807) is 19.9 Å². The van der Waals surface area contributed by atoms with Crippen LogP contribution in [0.5, 0.6) is 0 Å². The lowest BCUT2D eigenvalue weighted by molar-refractivity contribution is 0.0755. The van der Waals surface area contributed by atoms with Gasteiger partial charge in [0, 0.05) is 17.6 Å². The zero-order chi connectivity index (χ0) is 18.4. The van der Waals surface area contributed by atoms with E-state index in [4.69, 9.17) is 10.9 Å². The second-order valence-electron chi connectivity index (χ2n) is 7.64. The number of benzene rings is 1. The fraction of sp³-hybridized carbons (Fsp3) is 0.611. The summed E-state index contributed by atoms with van der Waals surface area (Å²) in [5, 5.41) is 8.45. The number of rotatable bonds is 3. The molecule has 26 heavy (non-hydrogen) atoms. The van der Waals surface area contributed by atoms with Crippen molar-refractivity contribution in [2.75, 3.05) is 0 Å². The number of aryl methyl sites for hydroxylation is 1. The normalized spacial score (nSPS) is 28.2. The van der Waals surface area contributed by atoms with Crippen LogP contribution in [0.1, 0.15) is 53.6 Å². The summed E-state index contributed by atoms with van der Waals surface area (Å²) in [6.07, 6.45) is 5.25. The maximum Gasteiger partial charge on any atom is 0.251 e. The SMILES string of the molecule is Cc1cc(C(=O)NC2C3CCCC2CC(N)C3)cc(S(N)(=O)=O)c1C.Cl. The van der Waals surface area contributed by atoms with Gasteiger partial charge in [-0.25, -0.2) is 13.6 Å². The van der Waals surface area contributed by atoms with Gasteiger partial charge in [-0.05, 0) is 74.6 Å². The van der Waals surface area contributed by atoms with E-state index < -0.39 is 10.0 Å². The lowest BCUT2D eigenvalue weighted by Gasteiger charge is -2.45. The van der Waals surface area contributed by atoms with Gasteiger partial charge in [0.2, 0.25) is 10.0 Å². The molecule has 2 unspecified atom stereocenters. The number of hydrogen-bond donors (Lipinski definition) is 3. The first kappa shape index (κ1) is 21.2. The van der Waals surface area contributed by atoms with Crippen LogP contribution in [0.3, 0.4) is 0 Å². The molecule has 0 spiro atoms. The van der Waals surface area contributed by atoms with E-state index in [0.717, 1.165) is 31.2 Å². The van der Waals surface area contributed by atoms with Gasteiger partial charge in [-0.2, -0.15) is 0 Å². The number of sulfonamides is 1. The minimum atomic E-state index is -3.86. The van der Waals surface area contributed by atoms with Gasteiger partial charge >= 0.3 is 0 Å². The number of halogens is 1. The van der Waals surface area contributed by atoms with Gasteiger partial charge in [-0.15, -0.1) is 12.4 Å². The molecule has 2 saturated carbocycles. The lowest BCUT2D eigenvalue weighted by Crippen LogP contribution is -2.53. The van der Waals surface area contributed by atoms with Crippen molar-refractivity contribution in [2.24, 2.45) is 22.7 Å². The molecule has 2 fully saturated rings. The summed E-state index contributed by atoms with van der Waals surface area (Å²) < 4.78 is 23.6. The molecule has 2 atom stereocenters. The van der Waals surface area contributed by atoms with Crippen molar-refractivity contribution in [3.8, 4) is 0 Å². The van der Waals surface area contributed by atoms with Gasteiger partial charge in [0.15, 0.2) is 0 Å². The molecular formula is C18H28ClN3O3S. The first-order valence-electron chi connectivity index (χ1n) is 8.87. The quantitative estimate of drug-likeness (QED) is 0.718. The minimum Gasteiger partial charge on any atom is -0.349 e.